The van der Waals surface area contributed by atoms with Gasteiger partial charge >= 0.3 is 0 Å². The lowest BCUT2D eigenvalue weighted by atomic mass is 9.95. The van der Waals surface area contributed by atoms with E-state index in [0.717, 1.165) is 0 Å². The molecule has 0 spiro atoms. The van der Waals surface area contributed by atoms with Crippen molar-refractivity contribution in [3.8, 4) is 0 Å². The Balaban J connectivity index is 2.67. The van der Waals surface area contributed by atoms with Crippen molar-refractivity contribution >= 4 is 6.08 Å². The largest absolute Gasteiger partial charge is 0.0655 e. The van der Waals surface area contributed by atoms with Crippen molar-refractivity contribution in [2.45, 2.75) is 33.6 Å². The minimum Gasteiger partial charge on any atom is -0.0655 e. The first-order valence-corrected chi connectivity index (χ1v) is 4.89. The van der Waals surface area contributed by atoms with Crippen LogP contribution in [-0.4, -0.2) is 0 Å². The Morgan fingerprint density at radius 3 is 2.46 bits per heavy atom. The zero-order valence-corrected chi connectivity index (χ0v) is 8.81. The fraction of sp³-hybridized carbons (Fsp3) is 0.385. The first-order valence-electron chi connectivity index (χ1n) is 4.89. The highest BCUT2D eigenvalue weighted by atomic mass is 14.2. The smallest absolute Gasteiger partial charge is 0.00264 e. The number of rotatable bonds is 0. The fourth-order valence-corrected chi connectivity index (χ4v) is 2.03. The van der Waals surface area contributed by atoms with Gasteiger partial charge in [-0.05, 0) is 43.0 Å². The molecule has 1 unspecified atom stereocenters. The lowest BCUT2D eigenvalue weighted by Gasteiger charge is -2.10. The summed E-state index contributed by atoms with van der Waals surface area (Å²) in [7, 11) is 0. The van der Waals surface area contributed by atoms with Gasteiger partial charge in [-0.25, -0.2) is 0 Å². The predicted molar refractivity (Wildman–Crippen MR) is 58.0 cm³/mol. The van der Waals surface area contributed by atoms with Gasteiger partial charge in [-0.3, -0.25) is 0 Å². The van der Waals surface area contributed by atoms with Gasteiger partial charge < -0.3 is 0 Å². The SMILES string of the molecule is CC1=Cc2c(ccc(C)c2C)C1C. The normalized spacial score (nSPS) is 20.0. The minimum absolute atomic E-state index is 0.620. The Bertz CT molecular complexity index is 383. The maximum atomic E-state index is 2.34. The third kappa shape index (κ3) is 1.13. The van der Waals surface area contributed by atoms with Gasteiger partial charge in [-0.1, -0.05) is 30.7 Å². The van der Waals surface area contributed by atoms with E-state index in [-0.39, 0.29) is 0 Å². The summed E-state index contributed by atoms with van der Waals surface area (Å²) in [5.74, 6) is 0.620. The van der Waals surface area contributed by atoms with Crippen molar-refractivity contribution in [2.24, 2.45) is 0 Å². The molecule has 0 N–H and O–H groups in total. The molecule has 0 bridgehead atoms. The number of aryl methyl sites for hydroxylation is 1. The molecule has 1 aliphatic carbocycles. The number of fused-ring (bicyclic) bond motifs is 1. The Morgan fingerprint density at radius 2 is 1.77 bits per heavy atom. The Hall–Kier alpha value is -1.04. The molecule has 2 rings (SSSR count). The summed E-state index contributed by atoms with van der Waals surface area (Å²) in [6, 6.07) is 4.51. The van der Waals surface area contributed by atoms with Crippen LogP contribution in [-0.2, 0) is 0 Å². The van der Waals surface area contributed by atoms with Crippen LogP contribution in [0.15, 0.2) is 17.7 Å². The molecule has 0 nitrogen and oxygen atoms in total. The van der Waals surface area contributed by atoms with E-state index >= 15 is 0 Å². The topological polar surface area (TPSA) is 0 Å². The summed E-state index contributed by atoms with van der Waals surface area (Å²) < 4.78 is 0. The molecular formula is C13H16. The van der Waals surface area contributed by atoms with Crippen LogP contribution < -0.4 is 0 Å². The van der Waals surface area contributed by atoms with Gasteiger partial charge in [-0.15, -0.1) is 0 Å². The van der Waals surface area contributed by atoms with E-state index in [2.05, 4.69) is 45.9 Å². The quantitative estimate of drug-likeness (QED) is 0.558. The van der Waals surface area contributed by atoms with Gasteiger partial charge in [0.25, 0.3) is 0 Å². The molecule has 0 aromatic heterocycles. The highest BCUT2D eigenvalue weighted by Gasteiger charge is 2.19. The summed E-state index contributed by atoms with van der Waals surface area (Å²) in [6.45, 7) is 8.91. The molecule has 1 aliphatic rings. The molecule has 1 aromatic carbocycles. The molecule has 0 heterocycles. The molecule has 68 valence electrons. The summed E-state index contributed by atoms with van der Waals surface area (Å²) in [6.07, 6.45) is 2.34. The molecule has 0 saturated carbocycles. The van der Waals surface area contributed by atoms with E-state index in [0.29, 0.717) is 5.92 Å². The van der Waals surface area contributed by atoms with Crippen LogP contribution in [0.5, 0.6) is 0 Å². The van der Waals surface area contributed by atoms with Crippen LogP contribution in [0.2, 0.25) is 0 Å². The van der Waals surface area contributed by atoms with Crippen LogP contribution in [0.1, 0.15) is 42.0 Å². The Labute approximate surface area is 80.3 Å². The maximum Gasteiger partial charge on any atom is 0.00264 e. The fourth-order valence-electron chi connectivity index (χ4n) is 2.03. The second-order valence-corrected chi connectivity index (χ2v) is 4.12. The molecule has 0 fully saturated rings. The van der Waals surface area contributed by atoms with E-state index in [9.17, 15) is 0 Å². The molecule has 0 aliphatic heterocycles. The predicted octanol–water partition coefficient (Wildman–Crippen LogP) is 3.82. The lowest BCUT2D eigenvalue weighted by Crippen LogP contribution is -1.93. The Kier molecular flexibility index (Phi) is 1.80. The van der Waals surface area contributed by atoms with Gasteiger partial charge in [0.2, 0.25) is 0 Å². The molecule has 0 radical (unpaired) electrons. The van der Waals surface area contributed by atoms with Crippen molar-refractivity contribution in [3.05, 3.63) is 40.0 Å². The van der Waals surface area contributed by atoms with E-state index in [1.807, 2.05) is 0 Å². The minimum atomic E-state index is 0.620. The Morgan fingerprint density at radius 1 is 1.08 bits per heavy atom. The van der Waals surface area contributed by atoms with Crippen LogP contribution in [0.25, 0.3) is 6.08 Å². The van der Waals surface area contributed by atoms with Crippen molar-refractivity contribution in [3.63, 3.8) is 0 Å². The van der Waals surface area contributed by atoms with Crippen molar-refractivity contribution in [2.75, 3.05) is 0 Å². The summed E-state index contributed by atoms with van der Waals surface area (Å²) in [4.78, 5) is 0. The molecule has 13 heavy (non-hydrogen) atoms. The zero-order chi connectivity index (χ0) is 9.59. The third-order valence-corrected chi connectivity index (χ3v) is 3.34. The second-order valence-electron chi connectivity index (χ2n) is 4.12. The second kappa shape index (κ2) is 2.73. The number of hydrogen-bond acceptors (Lipinski definition) is 0. The monoisotopic (exact) mass is 172 g/mol. The van der Waals surface area contributed by atoms with Gasteiger partial charge in [-0.2, -0.15) is 0 Å². The van der Waals surface area contributed by atoms with E-state index in [1.54, 1.807) is 0 Å². The first-order chi connectivity index (χ1) is 6.11. The molecule has 1 atom stereocenters. The third-order valence-electron chi connectivity index (χ3n) is 3.34. The standard InChI is InChI=1S/C13H16/c1-8-5-6-12-11(4)9(2)7-13(12)10(8)3/h5-7,11H,1-4H3. The van der Waals surface area contributed by atoms with E-state index in [4.69, 9.17) is 0 Å². The van der Waals surface area contributed by atoms with Crippen molar-refractivity contribution in [1.82, 2.24) is 0 Å². The number of hydrogen-bond donors (Lipinski definition) is 0. The van der Waals surface area contributed by atoms with Gasteiger partial charge in [0, 0.05) is 5.92 Å². The van der Waals surface area contributed by atoms with Gasteiger partial charge in [0.05, 0.1) is 0 Å². The highest BCUT2D eigenvalue weighted by Crippen LogP contribution is 2.37. The van der Waals surface area contributed by atoms with Crippen LogP contribution >= 0.6 is 0 Å². The molecule has 0 heteroatoms. The van der Waals surface area contributed by atoms with Crippen LogP contribution in [0.4, 0.5) is 0 Å². The van der Waals surface area contributed by atoms with Crippen LogP contribution in [0.3, 0.4) is 0 Å². The molecule has 0 amide bonds. The molecular weight excluding hydrogens is 156 g/mol. The maximum absolute atomic E-state index is 2.34. The van der Waals surface area contributed by atoms with E-state index in [1.165, 1.54) is 27.8 Å². The summed E-state index contributed by atoms with van der Waals surface area (Å²) in [5.41, 5.74) is 7.30. The highest BCUT2D eigenvalue weighted by molar-refractivity contribution is 5.69. The van der Waals surface area contributed by atoms with Crippen molar-refractivity contribution in [1.29, 1.82) is 0 Å². The molecule has 1 aromatic rings. The zero-order valence-electron chi connectivity index (χ0n) is 8.81. The average Bonchev–Trinajstić information content (AvgIpc) is 2.38. The number of benzene rings is 1. The van der Waals surface area contributed by atoms with Gasteiger partial charge in [0.1, 0.15) is 0 Å². The van der Waals surface area contributed by atoms with E-state index < -0.39 is 0 Å². The average molecular weight is 172 g/mol. The van der Waals surface area contributed by atoms with Crippen LogP contribution in [0, 0.1) is 13.8 Å². The lowest BCUT2D eigenvalue weighted by molar-refractivity contribution is 0.919. The summed E-state index contributed by atoms with van der Waals surface area (Å²) >= 11 is 0. The van der Waals surface area contributed by atoms with Gasteiger partial charge in [0.15, 0.2) is 0 Å². The van der Waals surface area contributed by atoms with Crippen molar-refractivity contribution < 1.29 is 0 Å². The number of allylic oxidation sites excluding steroid dienone is 1. The molecule has 0 saturated heterocycles. The first kappa shape index (κ1) is 8.55. The summed E-state index contributed by atoms with van der Waals surface area (Å²) in [5, 5.41) is 0.